The Morgan fingerprint density at radius 1 is 1.50 bits per heavy atom. The lowest BCUT2D eigenvalue weighted by atomic mass is 9.95. The Balaban J connectivity index is 2.41. The summed E-state index contributed by atoms with van der Waals surface area (Å²) in [6, 6.07) is 0. The first kappa shape index (κ1) is 11.4. The lowest BCUT2D eigenvalue weighted by Gasteiger charge is -2.24. The maximum absolute atomic E-state index is 12.7. The van der Waals surface area contributed by atoms with E-state index in [0.717, 1.165) is 0 Å². The van der Waals surface area contributed by atoms with Gasteiger partial charge in [0.1, 0.15) is 0 Å². The van der Waals surface area contributed by atoms with Crippen LogP contribution < -0.4 is 5.73 Å². The summed E-state index contributed by atoms with van der Waals surface area (Å²) in [4.78, 5) is 3.63. The third kappa shape index (κ3) is 1.81. The zero-order valence-corrected chi connectivity index (χ0v) is 9.01. The molecule has 0 saturated heterocycles. The number of rotatable bonds is 1. The van der Waals surface area contributed by atoms with Gasteiger partial charge in [0, 0.05) is 12.2 Å². The van der Waals surface area contributed by atoms with Gasteiger partial charge in [-0.2, -0.15) is 13.2 Å². The molecule has 1 aromatic heterocycles. The molecule has 0 fully saturated rings. The number of nitrogens with two attached hydrogens (primary N) is 1. The predicted molar refractivity (Wildman–Crippen MR) is 52.8 cm³/mol. The van der Waals surface area contributed by atoms with E-state index in [4.69, 9.17) is 5.73 Å². The minimum atomic E-state index is -4.36. The minimum absolute atomic E-state index is 0.281. The molecule has 1 aliphatic rings. The van der Waals surface area contributed by atoms with Gasteiger partial charge < -0.3 is 10.3 Å². The molecule has 1 aliphatic heterocycles. The summed E-state index contributed by atoms with van der Waals surface area (Å²) < 4.78 is 39.3. The van der Waals surface area contributed by atoms with E-state index in [1.807, 2.05) is 0 Å². The smallest absolute Gasteiger partial charge is 0.330 e. The van der Waals surface area contributed by atoms with Gasteiger partial charge in [0.25, 0.3) is 0 Å². The van der Waals surface area contributed by atoms with Crippen LogP contribution in [0.2, 0.25) is 0 Å². The SMILES string of the molecule is Cc1nc(C(F)(F)F)n2c1CC(CN)CC2. The molecule has 2 heterocycles. The Labute approximate surface area is 91.5 Å². The highest BCUT2D eigenvalue weighted by molar-refractivity contribution is 5.20. The number of nitrogens with zero attached hydrogens (tertiary/aromatic N) is 2. The van der Waals surface area contributed by atoms with Crippen LogP contribution in [0.1, 0.15) is 23.6 Å². The van der Waals surface area contributed by atoms with Gasteiger partial charge in [0.2, 0.25) is 5.82 Å². The summed E-state index contributed by atoms with van der Waals surface area (Å²) in [5, 5.41) is 0. The Morgan fingerprint density at radius 3 is 2.75 bits per heavy atom. The second kappa shape index (κ2) is 3.76. The molecule has 0 aliphatic carbocycles. The molecule has 90 valence electrons. The van der Waals surface area contributed by atoms with E-state index in [1.54, 1.807) is 6.92 Å². The number of hydrogen-bond donors (Lipinski definition) is 1. The molecule has 1 aromatic rings. The van der Waals surface area contributed by atoms with Crippen molar-refractivity contribution in [1.29, 1.82) is 0 Å². The van der Waals surface area contributed by atoms with Crippen LogP contribution in [0.15, 0.2) is 0 Å². The lowest BCUT2D eigenvalue weighted by molar-refractivity contribution is -0.147. The van der Waals surface area contributed by atoms with Crippen molar-refractivity contribution in [1.82, 2.24) is 9.55 Å². The average Bonchev–Trinajstić information content (AvgIpc) is 2.55. The molecule has 0 bridgehead atoms. The standard InChI is InChI=1S/C10H14F3N3/c1-6-8-4-7(5-14)2-3-16(8)9(15-6)10(11,12)13/h7H,2-5,14H2,1H3. The number of aryl methyl sites for hydroxylation is 1. The second-order valence-electron chi connectivity index (χ2n) is 4.21. The van der Waals surface area contributed by atoms with Crippen LogP contribution in [0.3, 0.4) is 0 Å². The molecule has 2 N–H and O–H groups in total. The highest BCUT2D eigenvalue weighted by Gasteiger charge is 2.39. The number of halogens is 3. The highest BCUT2D eigenvalue weighted by atomic mass is 19.4. The molecule has 6 heteroatoms. The molecule has 0 spiro atoms. The first-order chi connectivity index (χ1) is 7.43. The van der Waals surface area contributed by atoms with Crippen LogP contribution in [0.25, 0.3) is 0 Å². The maximum Gasteiger partial charge on any atom is 0.449 e. The Bertz CT molecular complexity index is 395. The van der Waals surface area contributed by atoms with Gasteiger partial charge in [0.05, 0.1) is 5.69 Å². The van der Waals surface area contributed by atoms with Crippen LogP contribution in [-0.2, 0) is 19.1 Å². The van der Waals surface area contributed by atoms with Crippen molar-refractivity contribution < 1.29 is 13.2 Å². The topological polar surface area (TPSA) is 43.8 Å². The molecule has 1 unspecified atom stereocenters. The molecule has 0 aromatic carbocycles. The third-order valence-corrected chi connectivity index (χ3v) is 3.10. The number of fused-ring (bicyclic) bond motifs is 1. The van der Waals surface area contributed by atoms with E-state index in [1.165, 1.54) is 4.57 Å². The molecule has 3 nitrogen and oxygen atoms in total. The molecule has 16 heavy (non-hydrogen) atoms. The van der Waals surface area contributed by atoms with Gasteiger partial charge in [-0.25, -0.2) is 4.98 Å². The number of alkyl halides is 3. The Kier molecular flexibility index (Phi) is 2.69. The van der Waals surface area contributed by atoms with Crippen LogP contribution in [-0.4, -0.2) is 16.1 Å². The van der Waals surface area contributed by atoms with Gasteiger partial charge in [-0.15, -0.1) is 0 Å². The van der Waals surface area contributed by atoms with Crippen LogP contribution in [0.4, 0.5) is 13.2 Å². The summed E-state index contributed by atoms with van der Waals surface area (Å²) in [6.45, 7) is 2.51. The summed E-state index contributed by atoms with van der Waals surface area (Å²) >= 11 is 0. The first-order valence-electron chi connectivity index (χ1n) is 5.26. The quantitative estimate of drug-likeness (QED) is 0.802. The van der Waals surface area contributed by atoms with Crippen molar-refractivity contribution >= 4 is 0 Å². The zero-order chi connectivity index (χ0) is 11.9. The van der Waals surface area contributed by atoms with Crippen LogP contribution in [0, 0.1) is 12.8 Å². The molecule has 2 rings (SSSR count). The van der Waals surface area contributed by atoms with Gasteiger partial charge in [0.15, 0.2) is 0 Å². The molecule has 0 radical (unpaired) electrons. The lowest BCUT2D eigenvalue weighted by Crippen LogP contribution is -2.27. The highest BCUT2D eigenvalue weighted by Crippen LogP contribution is 2.33. The van der Waals surface area contributed by atoms with Gasteiger partial charge in [-0.05, 0) is 32.2 Å². The summed E-state index contributed by atoms with van der Waals surface area (Å²) in [6.07, 6.45) is -3.06. The van der Waals surface area contributed by atoms with Gasteiger partial charge in [-0.1, -0.05) is 0 Å². The first-order valence-corrected chi connectivity index (χ1v) is 5.26. The summed E-state index contributed by atoms with van der Waals surface area (Å²) in [5.74, 6) is -0.487. The predicted octanol–water partition coefficient (Wildman–Crippen LogP) is 1.73. The number of imidazole rings is 1. The van der Waals surface area contributed by atoms with Crippen LogP contribution >= 0.6 is 0 Å². The molecule has 0 amide bonds. The fourth-order valence-electron chi connectivity index (χ4n) is 2.21. The molecular weight excluding hydrogens is 219 g/mol. The Hall–Kier alpha value is -1.04. The van der Waals surface area contributed by atoms with Gasteiger partial charge in [-0.3, -0.25) is 0 Å². The largest absolute Gasteiger partial charge is 0.449 e. The second-order valence-corrected chi connectivity index (χ2v) is 4.21. The number of aromatic nitrogens is 2. The van der Waals surface area contributed by atoms with Gasteiger partial charge >= 0.3 is 6.18 Å². The third-order valence-electron chi connectivity index (χ3n) is 3.10. The number of hydrogen-bond acceptors (Lipinski definition) is 2. The van der Waals surface area contributed by atoms with E-state index in [0.29, 0.717) is 37.3 Å². The molecule has 1 atom stereocenters. The summed E-state index contributed by atoms with van der Waals surface area (Å²) in [7, 11) is 0. The maximum atomic E-state index is 12.7. The van der Waals surface area contributed by atoms with E-state index < -0.39 is 12.0 Å². The van der Waals surface area contributed by atoms with Crippen molar-refractivity contribution in [2.24, 2.45) is 11.7 Å². The molecular formula is C10H14F3N3. The van der Waals surface area contributed by atoms with E-state index in [-0.39, 0.29) is 5.92 Å². The summed E-state index contributed by atoms with van der Waals surface area (Å²) in [5.41, 5.74) is 6.72. The Morgan fingerprint density at radius 2 is 2.19 bits per heavy atom. The van der Waals surface area contributed by atoms with Crippen molar-refractivity contribution in [2.45, 2.75) is 32.5 Å². The van der Waals surface area contributed by atoms with E-state index in [9.17, 15) is 13.2 Å². The minimum Gasteiger partial charge on any atom is -0.330 e. The van der Waals surface area contributed by atoms with Crippen molar-refractivity contribution in [3.63, 3.8) is 0 Å². The fraction of sp³-hybridized carbons (Fsp3) is 0.700. The molecule has 0 saturated carbocycles. The monoisotopic (exact) mass is 233 g/mol. The normalized spacial score (nSPS) is 20.9. The van der Waals surface area contributed by atoms with E-state index in [2.05, 4.69) is 4.98 Å². The average molecular weight is 233 g/mol. The van der Waals surface area contributed by atoms with E-state index >= 15 is 0 Å². The zero-order valence-electron chi connectivity index (χ0n) is 9.01. The van der Waals surface area contributed by atoms with Crippen LogP contribution in [0.5, 0.6) is 0 Å². The fourth-order valence-corrected chi connectivity index (χ4v) is 2.21. The van der Waals surface area contributed by atoms with Crippen molar-refractivity contribution in [2.75, 3.05) is 6.54 Å². The van der Waals surface area contributed by atoms with Crippen molar-refractivity contribution in [3.05, 3.63) is 17.2 Å². The van der Waals surface area contributed by atoms with Crippen molar-refractivity contribution in [3.8, 4) is 0 Å².